The van der Waals surface area contributed by atoms with Crippen LogP contribution in [0.4, 0.5) is 13.2 Å². The number of pyridine rings is 1. The predicted molar refractivity (Wildman–Crippen MR) is 98.6 cm³/mol. The summed E-state index contributed by atoms with van der Waals surface area (Å²) in [6.07, 6.45) is -0.492. The zero-order valence-electron chi connectivity index (χ0n) is 15.3. The third kappa shape index (κ3) is 4.24. The maximum absolute atomic E-state index is 12.8. The smallest absolute Gasteiger partial charge is 0.255 e. The van der Waals surface area contributed by atoms with Gasteiger partial charge >= 0.3 is 6.18 Å². The summed E-state index contributed by atoms with van der Waals surface area (Å²) in [6.45, 7) is 4.18. The van der Waals surface area contributed by atoms with Gasteiger partial charge in [-0.25, -0.2) is 8.42 Å². The molecule has 3 rings (SSSR count). The van der Waals surface area contributed by atoms with E-state index in [0.29, 0.717) is 18.5 Å². The van der Waals surface area contributed by atoms with Gasteiger partial charge in [-0.3, -0.25) is 4.98 Å². The summed E-state index contributed by atoms with van der Waals surface area (Å²) < 4.78 is 61.7. The van der Waals surface area contributed by atoms with Crippen molar-refractivity contribution in [2.45, 2.75) is 37.8 Å². The van der Waals surface area contributed by atoms with Crippen molar-refractivity contribution in [2.24, 2.45) is 5.41 Å². The van der Waals surface area contributed by atoms with E-state index in [-0.39, 0.29) is 10.3 Å². The van der Waals surface area contributed by atoms with Crippen LogP contribution < -0.4 is 0 Å². The van der Waals surface area contributed by atoms with E-state index in [9.17, 15) is 21.6 Å². The first kappa shape index (κ1) is 19.6. The van der Waals surface area contributed by atoms with Crippen molar-refractivity contribution in [1.82, 2.24) is 4.98 Å². The summed E-state index contributed by atoms with van der Waals surface area (Å²) in [7, 11) is -3.34. The minimum Gasteiger partial charge on any atom is -0.255 e. The molecule has 0 bridgehead atoms. The Hall–Kier alpha value is -2.15. The minimum absolute atomic E-state index is 0.0510. The second kappa shape index (κ2) is 6.48. The normalized spacial score (nSPS) is 17.4. The standard InChI is InChI=1S/C20H20F3NO2S/c1-19(2)10-16(13-4-6-14(7-5-13)20(21,22)23)17(11-19)18-9-8-15(12-24-18)27(3,25)26/h4-9,12H,10-11H2,1-3H3. The molecule has 2 aromatic rings. The molecule has 0 atom stereocenters. The number of nitrogens with zero attached hydrogens (tertiary/aromatic N) is 1. The topological polar surface area (TPSA) is 47.0 Å². The molecule has 7 heteroatoms. The molecule has 0 spiro atoms. The van der Waals surface area contributed by atoms with Crippen LogP contribution in [0.15, 0.2) is 47.5 Å². The van der Waals surface area contributed by atoms with Gasteiger partial charge in [0, 0.05) is 12.5 Å². The molecule has 0 radical (unpaired) electrons. The summed E-state index contributed by atoms with van der Waals surface area (Å²) in [4.78, 5) is 4.45. The predicted octanol–water partition coefficient (Wildman–Crippen LogP) is 5.23. The average molecular weight is 395 g/mol. The van der Waals surface area contributed by atoms with E-state index < -0.39 is 21.6 Å². The molecule has 0 amide bonds. The molecule has 1 aliphatic rings. The highest BCUT2D eigenvalue weighted by Crippen LogP contribution is 2.49. The monoisotopic (exact) mass is 395 g/mol. The molecule has 0 N–H and O–H groups in total. The molecule has 0 aliphatic heterocycles. The quantitative estimate of drug-likeness (QED) is 0.715. The Labute approximate surface area is 156 Å². The lowest BCUT2D eigenvalue weighted by molar-refractivity contribution is -0.137. The number of benzene rings is 1. The van der Waals surface area contributed by atoms with Gasteiger partial charge in [0.1, 0.15) is 0 Å². The molecule has 1 aromatic heterocycles. The van der Waals surface area contributed by atoms with E-state index in [2.05, 4.69) is 18.8 Å². The number of hydrogen-bond acceptors (Lipinski definition) is 3. The Morgan fingerprint density at radius 1 is 0.963 bits per heavy atom. The third-order valence-corrected chi connectivity index (χ3v) is 5.81. The molecule has 1 aliphatic carbocycles. The van der Waals surface area contributed by atoms with E-state index >= 15 is 0 Å². The van der Waals surface area contributed by atoms with Crippen LogP contribution in [0.3, 0.4) is 0 Å². The van der Waals surface area contributed by atoms with Crippen LogP contribution in [-0.2, 0) is 16.0 Å². The first-order chi connectivity index (χ1) is 12.4. The van der Waals surface area contributed by atoms with Crippen LogP contribution in [0.2, 0.25) is 0 Å². The lowest BCUT2D eigenvalue weighted by Crippen LogP contribution is -2.06. The molecular weight excluding hydrogens is 375 g/mol. The van der Waals surface area contributed by atoms with Crippen LogP contribution in [0, 0.1) is 5.41 Å². The summed E-state index contributed by atoms with van der Waals surface area (Å²) in [5, 5.41) is 0. The highest BCUT2D eigenvalue weighted by atomic mass is 32.2. The van der Waals surface area contributed by atoms with Crippen molar-refractivity contribution in [2.75, 3.05) is 6.26 Å². The van der Waals surface area contributed by atoms with Crippen LogP contribution >= 0.6 is 0 Å². The summed E-state index contributed by atoms with van der Waals surface area (Å²) in [5.41, 5.74) is 2.56. The van der Waals surface area contributed by atoms with E-state index in [0.717, 1.165) is 35.1 Å². The van der Waals surface area contributed by atoms with E-state index in [1.165, 1.54) is 24.4 Å². The highest BCUT2D eigenvalue weighted by molar-refractivity contribution is 7.90. The van der Waals surface area contributed by atoms with Crippen molar-refractivity contribution in [3.8, 4) is 0 Å². The molecule has 0 saturated carbocycles. The maximum atomic E-state index is 12.8. The second-order valence-corrected chi connectivity index (χ2v) is 9.72. The number of halogens is 3. The van der Waals surface area contributed by atoms with Gasteiger partial charge in [0.25, 0.3) is 0 Å². The largest absolute Gasteiger partial charge is 0.416 e. The Balaban J connectivity index is 2.04. The number of aromatic nitrogens is 1. The zero-order valence-corrected chi connectivity index (χ0v) is 16.1. The van der Waals surface area contributed by atoms with Gasteiger partial charge in [0.05, 0.1) is 16.2 Å². The third-order valence-electron chi connectivity index (χ3n) is 4.71. The molecule has 0 fully saturated rings. The molecule has 0 unspecified atom stereocenters. The van der Waals surface area contributed by atoms with Crippen molar-refractivity contribution in [3.63, 3.8) is 0 Å². The molecule has 0 saturated heterocycles. The van der Waals surface area contributed by atoms with E-state index in [1.54, 1.807) is 6.07 Å². The number of rotatable bonds is 3. The van der Waals surface area contributed by atoms with Crippen molar-refractivity contribution in [3.05, 3.63) is 59.4 Å². The van der Waals surface area contributed by atoms with Crippen molar-refractivity contribution < 1.29 is 21.6 Å². The summed E-state index contributed by atoms with van der Waals surface area (Å²) in [6, 6.07) is 8.34. The first-order valence-corrected chi connectivity index (χ1v) is 10.3. The van der Waals surface area contributed by atoms with Gasteiger partial charge in [-0.1, -0.05) is 26.0 Å². The number of allylic oxidation sites excluding steroid dienone is 2. The van der Waals surface area contributed by atoms with Gasteiger partial charge in [-0.2, -0.15) is 13.2 Å². The molecule has 3 nitrogen and oxygen atoms in total. The fraction of sp³-hybridized carbons (Fsp3) is 0.350. The molecule has 1 aromatic carbocycles. The first-order valence-electron chi connectivity index (χ1n) is 8.43. The van der Waals surface area contributed by atoms with Gasteiger partial charge in [-0.15, -0.1) is 0 Å². The van der Waals surface area contributed by atoms with Gasteiger partial charge in [0.15, 0.2) is 9.84 Å². The maximum Gasteiger partial charge on any atom is 0.416 e. The minimum atomic E-state index is -4.37. The zero-order chi connectivity index (χ0) is 20.0. The fourth-order valence-electron chi connectivity index (χ4n) is 3.39. The summed E-state index contributed by atoms with van der Waals surface area (Å²) in [5.74, 6) is 0. The van der Waals surface area contributed by atoms with Gasteiger partial charge in [-0.05, 0) is 59.2 Å². The van der Waals surface area contributed by atoms with Crippen molar-refractivity contribution in [1.29, 1.82) is 0 Å². The Morgan fingerprint density at radius 3 is 2.04 bits per heavy atom. The summed E-state index contributed by atoms with van der Waals surface area (Å²) >= 11 is 0. The van der Waals surface area contributed by atoms with Crippen LogP contribution in [-0.4, -0.2) is 19.7 Å². The number of alkyl halides is 3. The fourth-order valence-corrected chi connectivity index (χ4v) is 3.95. The van der Waals surface area contributed by atoms with Crippen LogP contribution in [0.5, 0.6) is 0 Å². The van der Waals surface area contributed by atoms with E-state index in [4.69, 9.17) is 0 Å². The van der Waals surface area contributed by atoms with Gasteiger partial charge in [0.2, 0.25) is 0 Å². The molecule has 27 heavy (non-hydrogen) atoms. The Kier molecular flexibility index (Phi) is 4.70. The molecular formula is C20H20F3NO2S. The lowest BCUT2D eigenvalue weighted by atomic mass is 9.88. The van der Waals surface area contributed by atoms with E-state index in [1.807, 2.05) is 0 Å². The second-order valence-electron chi connectivity index (χ2n) is 7.70. The molecule has 1 heterocycles. The van der Waals surface area contributed by atoms with Crippen LogP contribution in [0.25, 0.3) is 11.1 Å². The number of sulfone groups is 1. The number of hydrogen-bond donors (Lipinski definition) is 0. The van der Waals surface area contributed by atoms with Crippen molar-refractivity contribution >= 4 is 21.0 Å². The molecule has 144 valence electrons. The van der Waals surface area contributed by atoms with Crippen LogP contribution in [0.1, 0.15) is 43.5 Å². The Morgan fingerprint density at radius 2 is 1.56 bits per heavy atom. The highest BCUT2D eigenvalue weighted by Gasteiger charge is 2.34. The average Bonchev–Trinajstić information content (AvgIpc) is 2.89. The SMILES string of the molecule is CC1(C)CC(c2ccc(C(F)(F)F)cc2)=C(c2ccc(S(C)(=O)=O)cn2)C1. The lowest BCUT2D eigenvalue weighted by Gasteiger charge is -2.17. The van der Waals surface area contributed by atoms with Gasteiger partial charge < -0.3 is 0 Å². The Bertz CT molecular complexity index is 987.